The molecule has 4 heterocycles. The quantitative estimate of drug-likeness (QED) is 0.802. The number of aliphatic carboxylic acids is 1. The van der Waals surface area contributed by atoms with Crippen molar-refractivity contribution >= 4 is 49.9 Å². The van der Waals surface area contributed by atoms with Crippen molar-refractivity contribution < 1.29 is 14.7 Å². The Balaban J connectivity index is 1.55. The Morgan fingerprint density at radius 2 is 2.24 bits per heavy atom. The molecule has 0 saturated carbocycles. The third kappa shape index (κ3) is 2.02. The normalized spacial score (nSPS) is 15.7. The van der Waals surface area contributed by atoms with Gasteiger partial charge in [-0.3, -0.25) is 14.0 Å². The number of hydrogen-bond acceptors (Lipinski definition) is 5. The van der Waals surface area contributed by atoms with Crippen LogP contribution in [0, 0.1) is 5.92 Å². The van der Waals surface area contributed by atoms with Crippen LogP contribution >= 0.6 is 22.7 Å². The van der Waals surface area contributed by atoms with Crippen molar-refractivity contribution in [2.75, 3.05) is 13.1 Å². The van der Waals surface area contributed by atoms with Gasteiger partial charge in [-0.2, -0.15) is 0 Å². The number of imidazole rings is 1. The molecule has 108 valence electrons. The smallest absolute Gasteiger partial charge is 0.303 e. The Bertz CT molecular complexity index is 857. The molecule has 3 aromatic rings. The molecule has 0 aromatic carbocycles. The highest BCUT2D eigenvalue weighted by Crippen LogP contribution is 2.30. The summed E-state index contributed by atoms with van der Waals surface area (Å²) < 4.78 is 1.98. The Labute approximate surface area is 127 Å². The minimum Gasteiger partial charge on any atom is -0.481 e. The van der Waals surface area contributed by atoms with Gasteiger partial charge in [0.1, 0.15) is 4.83 Å². The minimum atomic E-state index is -0.803. The van der Waals surface area contributed by atoms with Crippen molar-refractivity contribution in [3.05, 3.63) is 22.5 Å². The number of thiophene rings is 1. The topological polar surface area (TPSA) is 74.9 Å². The number of carbonyl (C=O) groups excluding carboxylic acids is 1. The maximum absolute atomic E-state index is 12.4. The third-order valence-corrected chi connectivity index (χ3v) is 5.42. The van der Waals surface area contributed by atoms with Crippen molar-refractivity contribution in [3.8, 4) is 0 Å². The first kappa shape index (κ1) is 12.8. The van der Waals surface area contributed by atoms with E-state index in [1.165, 1.54) is 11.3 Å². The molecule has 6 nitrogen and oxygen atoms in total. The first-order chi connectivity index (χ1) is 10.1. The monoisotopic (exact) mass is 321 g/mol. The average Bonchev–Trinajstić information content (AvgIpc) is 3.02. The molecule has 0 spiro atoms. The number of hydrogen-bond donors (Lipinski definition) is 1. The molecule has 0 radical (unpaired) electrons. The van der Waals surface area contributed by atoms with Crippen LogP contribution in [0.25, 0.3) is 15.3 Å². The summed E-state index contributed by atoms with van der Waals surface area (Å²) in [6.45, 7) is 1.06. The van der Waals surface area contributed by atoms with E-state index >= 15 is 0 Å². The molecular weight excluding hydrogens is 310 g/mol. The van der Waals surface area contributed by atoms with Crippen molar-refractivity contribution in [1.29, 1.82) is 0 Å². The number of carboxylic acids is 1. The summed E-state index contributed by atoms with van der Waals surface area (Å²) in [5.74, 6) is -0.744. The number of likely N-dealkylation sites (tertiary alicyclic amines) is 1. The van der Waals surface area contributed by atoms with E-state index in [2.05, 4.69) is 4.98 Å². The maximum atomic E-state index is 12.4. The van der Waals surface area contributed by atoms with E-state index in [0.29, 0.717) is 18.0 Å². The molecule has 1 aliphatic rings. The zero-order valence-corrected chi connectivity index (χ0v) is 12.5. The van der Waals surface area contributed by atoms with Crippen LogP contribution in [-0.4, -0.2) is 44.4 Å². The van der Waals surface area contributed by atoms with E-state index in [4.69, 9.17) is 5.11 Å². The summed E-state index contributed by atoms with van der Waals surface area (Å²) in [5, 5.41) is 10.7. The minimum absolute atomic E-state index is 0.0244. The number of aromatic nitrogens is 2. The van der Waals surface area contributed by atoms with Crippen LogP contribution in [0.5, 0.6) is 0 Å². The number of amides is 1. The zero-order valence-electron chi connectivity index (χ0n) is 10.9. The van der Waals surface area contributed by atoms with E-state index in [1.54, 1.807) is 16.2 Å². The fourth-order valence-electron chi connectivity index (χ4n) is 2.62. The number of nitrogens with zero attached hydrogens (tertiary/aromatic N) is 3. The number of thiazole rings is 1. The van der Waals surface area contributed by atoms with Crippen LogP contribution in [-0.2, 0) is 4.79 Å². The van der Waals surface area contributed by atoms with E-state index in [1.807, 2.05) is 22.0 Å². The lowest BCUT2D eigenvalue weighted by Gasteiger charge is -2.38. The van der Waals surface area contributed by atoms with Gasteiger partial charge in [0.25, 0.3) is 5.91 Å². The molecule has 4 rings (SSSR count). The van der Waals surface area contributed by atoms with Crippen LogP contribution in [0.1, 0.15) is 16.1 Å². The Morgan fingerprint density at radius 1 is 1.43 bits per heavy atom. The van der Waals surface area contributed by atoms with Gasteiger partial charge in [0, 0.05) is 30.6 Å². The standard InChI is InChI=1S/C13H11N3O3S2/c17-10(18)3-7-5-15(6-7)12(19)9-4-8-11(21-9)14-13-16(8)1-2-20-13/h1-2,4,7H,3,5-6H2,(H,17,18). The number of rotatable bonds is 3. The zero-order chi connectivity index (χ0) is 14.6. The molecule has 1 aliphatic heterocycles. The van der Waals surface area contributed by atoms with Crippen LogP contribution in [0.4, 0.5) is 0 Å². The molecule has 1 fully saturated rings. The van der Waals surface area contributed by atoms with Gasteiger partial charge in [0.15, 0.2) is 4.96 Å². The average molecular weight is 321 g/mol. The van der Waals surface area contributed by atoms with Crippen molar-refractivity contribution in [1.82, 2.24) is 14.3 Å². The van der Waals surface area contributed by atoms with Gasteiger partial charge in [-0.1, -0.05) is 0 Å². The molecule has 3 aromatic heterocycles. The second kappa shape index (κ2) is 4.54. The molecule has 0 atom stereocenters. The second-order valence-electron chi connectivity index (χ2n) is 5.14. The number of carbonyl (C=O) groups is 2. The van der Waals surface area contributed by atoms with Gasteiger partial charge in [0.2, 0.25) is 0 Å². The summed E-state index contributed by atoms with van der Waals surface area (Å²) in [6, 6.07) is 1.87. The fourth-order valence-corrected chi connectivity index (χ4v) is 4.39. The van der Waals surface area contributed by atoms with E-state index in [9.17, 15) is 9.59 Å². The van der Waals surface area contributed by atoms with E-state index in [-0.39, 0.29) is 18.2 Å². The summed E-state index contributed by atoms with van der Waals surface area (Å²) >= 11 is 2.96. The van der Waals surface area contributed by atoms with Crippen molar-refractivity contribution in [3.63, 3.8) is 0 Å². The van der Waals surface area contributed by atoms with Crippen molar-refractivity contribution in [2.24, 2.45) is 5.92 Å². The Morgan fingerprint density at radius 3 is 3.00 bits per heavy atom. The van der Waals surface area contributed by atoms with Crippen molar-refractivity contribution in [2.45, 2.75) is 6.42 Å². The highest BCUT2D eigenvalue weighted by Gasteiger charge is 2.33. The summed E-state index contributed by atoms with van der Waals surface area (Å²) in [6.07, 6.45) is 2.08. The predicted molar refractivity (Wildman–Crippen MR) is 80.1 cm³/mol. The van der Waals surface area contributed by atoms with Crippen LogP contribution < -0.4 is 0 Å². The van der Waals surface area contributed by atoms with Gasteiger partial charge in [0.05, 0.1) is 16.8 Å². The molecule has 1 saturated heterocycles. The lowest BCUT2D eigenvalue weighted by atomic mass is 9.96. The van der Waals surface area contributed by atoms with Gasteiger partial charge in [-0.15, -0.1) is 22.7 Å². The highest BCUT2D eigenvalue weighted by atomic mass is 32.1. The SMILES string of the molecule is O=C(O)CC1CN(C(=O)c2cc3c(nc4sccn43)s2)C1. The lowest BCUT2D eigenvalue weighted by molar-refractivity contribution is -0.139. The predicted octanol–water partition coefficient (Wildman–Crippen LogP) is 2.16. The van der Waals surface area contributed by atoms with Crippen LogP contribution in [0.3, 0.4) is 0 Å². The fraction of sp³-hybridized carbons (Fsp3) is 0.308. The van der Waals surface area contributed by atoms with E-state index in [0.717, 1.165) is 15.3 Å². The van der Waals surface area contributed by atoms with Gasteiger partial charge < -0.3 is 10.0 Å². The van der Waals surface area contributed by atoms with Crippen LogP contribution in [0.15, 0.2) is 17.6 Å². The number of carboxylic acid groups (broad SMARTS) is 1. The molecule has 1 N–H and O–H groups in total. The number of fused-ring (bicyclic) bond motifs is 3. The molecular formula is C13H11N3O3S2. The summed E-state index contributed by atoms with van der Waals surface area (Å²) in [7, 11) is 0. The molecule has 21 heavy (non-hydrogen) atoms. The Hall–Kier alpha value is -1.93. The molecule has 1 amide bonds. The largest absolute Gasteiger partial charge is 0.481 e. The third-order valence-electron chi connectivity index (χ3n) is 3.66. The molecule has 8 heteroatoms. The van der Waals surface area contributed by atoms with Crippen LogP contribution in [0.2, 0.25) is 0 Å². The highest BCUT2D eigenvalue weighted by molar-refractivity contribution is 7.21. The summed E-state index contributed by atoms with van der Waals surface area (Å²) in [4.78, 5) is 31.6. The van der Waals surface area contributed by atoms with Gasteiger partial charge in [-0.25, -0.2) is 4.98 Å². The maximum Gasteiger partial charge on any atom is 0.303 e. The first-order valence-electron chi connectivity index (χ1n) is 6.48. The van der Waals surface area contributed by atoms with Gasteiger partial charge in [-0.05, 0) is 6.07 Å². The first-order valence-corrected chi connectivity index (χ1v) is 8.17. The lowest BCUT2D eigenvalue weighted by Crippen LogP contribution is -2.50. The molecule has 0 bridgehead atoms. The molecule has 0 unspecified atom stereocenters. The second-order valence-corrected chi connectivity index (χ2v) is 7.05. The molecule has 0 aliphatic carbocycles. The van der Waals surface area contributed by atoms with Gasteiger partial charge >= 0.3 is 5.97 Å². The summed E-state index contributed by atoms with van der Waals surface area (Å²) in [5.41, 5.74) is 0.960. The van der Waals surface area contributed by atoms with E-state index < -0.39 is 5.97 Å². The Kier molecular flexibility index (Phi) is 2.76.